The van der Waals surface area contributed by atoms with E-state index in [1.165, 1.54) is 12.1 Å². The number of nitrogens with zero attached hydrogens (tertiary/aromatic N) is 1. The molecule has 0 aliphatic rings. The first-order chi connectivity index (χ1) is 20.2. The SMILES string of the molecule is CCOC(=O)c1ccc(S(=O)(=O)c2ccc(CCCN(Cc3ccccc3)C[C@H](O)c3cccc(Cl)c3)cc2)cc1O. The lowest BCUT2D eigenvalue weighted by Gasteiger charge is -2.25. The van der Waals surface area contributed by atoms with Gasteiger partial charge in [0, 0.05) is 18.1 Å². The fraction of sp³-hybridized carbons (Fsp3) is 0.242. The van der Waals surface area contributed by atoms with Crippen LogP contribution >= 0.6 is 11.6 Å². The van der Waals surface area contributed by atoms with Gasteiger partial charge in [-0.1, -0.05) is 66.2 Å². The number of aryl methyl sites for hydroxylation is 1. The zero-order valence-electron chi connectivity index (χ0n) is 23.3. The molecule has 2 N–H and O–H groups in total. The number of hydrogen-bond donors (Lipinski definition) is 2. The lowest BCUT2D eigenvalue weighted by atomic mass is 10.1. The molecule has 9 heteroatoms. The van der Waals surface area contributed by atoms with Crippen LogP contribution in [0.1, 0.15) is 46.5 Å². The van der Waals surface area contributed by atoms with Crippen molar-refractivity contribution in [3.8, 4) is 5.75 Å². The highest BCUT2D eigenvalue weighted by Gasteiger charge is 2.21. The number of benzene rings is 4. The van der Waals surface area contributed by atoms with Crippen molar-refractivity contribution in [1.29, 1.82) is 0 Å². The predicted molar refractivity (Wildman–Crippen MR) is 162 cm³/mol. The van der Waals surface area contributed by atoms with Crippen molar-refractivity contribution in [2.75, 3.05) is 19.7 Å². The highest BCUT2D eigenvalue weighted by atomic mass is 35.5. The first-order valence-corrected chi connectivity index (χ1v) is 15.6. The molecule has 42 heavy (non-hydrogen) atoms. The molecule has 1 atom stereocenters. The summed E-state index contributed by atoms with van der Waals surface area (Å²) in [5.74, 6) is -1.17. The van der Waals surface area contributed by atoms with Crippen LogP contribution in [0.15, 0.2) is 107 Å². The zero-order valence-corrected chi connectivity index (χ0v) is 24.9. The third-order valence-electron chi connectivity index (χ3n) is 6.86. The van der Waals surface area contributed by atoms with Crippen LogP contribution in [-0.4, -0.2) is 49.2 Å². The van der Waals surface area contributed by atoms with E-state index in [1.54, 1.807) is 43.3 Å². The van der Waals surface area contributed by atoms with Crippen LogP contribution < -0.4 is 0 Å². The van der Waals surface area contributed by atoms with Gasteiger partial charge in [0.1, 0.15) is 11.3 Å². The molecular formula is C33H34ClNO6S. The topological polar surface area (TPSA) is 104 Å². The number of hydrogen-bond acceptors (Lipinski definition) is 7. The van der Waals surface area contributed by atoms with Crippen LogP contribution in [0.3, 0.4) is 0 Å². The third-order valence-corrected chi connectivity index (χ3v) is 8.86. The van der Waals surface area contributed by atoms with Gasteiger partial charge in [-0.05, 0) is 85.5 Å². The number of phenols is 1. The van der Waals surface area contributed by atoms with Crippen LogP contribution in [0.5, 0.6) is 5.75 Å². The molecule has 0 amide bonds. The summed E-state index contributed by atoms with van der Waals surface area (Å²) in [4.78, 5) is 14.1. The summed E-state index contributed by atoms with van der Waals surface area (Å²) in [6, 6.07) is 27.6. The number of ether oxygens (including phenoxy) is 1. The van der Waals surface area contributed by atoms with Crippen LogP contribution in [0.25, 0.3) is 0 Å². The Kier molecular flexibility index (Phi) is 10.8. The Hall–Kier alpha value is -3.69. The van der Waals surface area contributed by atoms with Gasteiger partial charge in [-0.3, -0.25) is 4.90 Å². The van der Waals surface area contributed by atoms with Crippen LogP contribution in [0.2, 0.25) is 5.02 Å². The Morgan fingerprint density at radius 3 is 2.29 bits per heavy atom. The maximum atomic E-state index is 13.2. The maximum absolute atomic E-state index is 13.2. The Morgan fingerprint density at radius 1 is 0.905 bits per heavy atom. The van der Waals surface area contributed by atoms with Gasteiger partial charge in [-0.25, -0.2) is 13.2 Å². The normalized spacial score (nSPS) is 12.3. The first kappa shape index (κ1) is 31.3. The van der Waals surface area contributed by atoms with Crippen LogP contribution in [0.4, 0.5) is 0 Å². The highest BCUT2D eigenvalue weighted by Crippen LogP contribution is 2.28. The number of esters is 1. The van der Waals surface area contributed by atoms with E-state index >= 15 is 0 Å². The summed E-state index contributed by atoms with van der Waals surface area (Å²) in [5.41, 5.74) is 2.80. The minimum atomic E-state index is -3.90. The van der Waals surface area contributed by atoms with Gasteiger partial charge in [0.25, 0.3) is 0 Å². The minimum Gasteiger partial charge on any atom is -0.507 e. The fourth-order valence-corrected chi connectivity index (χ4v) is 6.16. The van der Waals surface area contributed by atoms with E-state index in [-0.39, 0.29) is 22.0 Å². The number of carbonyl (C=O) groups is 1. The van der Waals surface area contributed by atoms with Crippen molar-refractivity contribution < 1.29 is 28.2 Å². The Bertz CT molecular complexity index is 1590. The molecular weight excluding hydrogens is 574 g/mol. The molecule has 0 heterocycles. The number of phenolic OH excluding ortho intramolecular Hbond substituents is 1. The molecule has 4 aromatic rings. The average Bonchev–Trinajstić information content (AvgIpc) is 2.98. The van der Waals surface area contributed by atoms with E-state index in [0.29, 0.717) is 24.5 Å². The highest BCUT2D eigenvalue weighted by molar-refractivity contribution is 7.91. The second kappa shape index (κ2) is 14.5. The van der Waals surface area contributed by atoms with E-state index in [2.05, 4.69) is 17.0 Å². The predicted octanol–water partition coefficient (Wildman–Crippen LogP) is 6.22. The monoisotopic (exact) mass is 607 g/mol. The molecule has 0 radical (unpaired) electrons. The van der Waals surface area contributed by atoms with Crippen molar-refractivity contribution >= 4 is 27.4 Å². The molecule has 0 aliphatic heterocycles. The Labute approximate surface area is 251 Å². The second-order valence-corrected chi connectivity index (χ2v) is 12.3. The zero-order chi connectivity index (χ0) is 30.1. The molecule has 0 aromatic heterocycles. The summed E-state index contributed by atoms with van der Waals surface area (Å²) in [6.45, 7) is 3.62. The molecule has 0 unspecified atom stereocenters. The molecule has 0 saturated carbocycles. The van der Waals surface area contributed by atoms with Crippen LogP contribution in [-0.2, 0) is 27.5 Å². The van der Waals surface area contributed by atoms with E-state index in [4.69, 9.17) is 16.3 Å². The van der Waals surface area contributed by atoms with Gasteiger partial charge in [0.05, 0.1) is 22.5 Å². The second-order valence-electron chi connectivity index (χ2n) is 9.94. The number of aliphatic hydroxyl groups excluding tert-OH is 1. The van der Waals surface area contributed by atoms with Crippen molar-refractivity contribution in [2.24, 2.45) is 0 Å². The number of sulfone groups is 1. The number of carbonyl (C=O) groups excluding carboxylic acids is 1. The van der Waals surface area contributed by atoms with Crippen molar-refractivity contribution in [1.82, 2.24) is 4.90 Å². The standard InChI is InChI=1S/C33H34ClNO6S/c1-2-41-33(38)30-18-17-29(21-31(30)36)42(39,40)28-15-13-24(14-16-28)10-7-19-35(22-25-8-4-3-5-9-25)23-32(37)26-11-6-12-27(34)20-26/h3-6,8-9,11-18,20-21,32,36-37H,2,7,10,19,22-23H2,1H3/t32-/m0/s1. The van der Waals surface area contributed by atoms with Gasteiger partial charge in [-0.2, -0.15) is 0 Å². The molecule has 0 bridgehead atoms. The number of aliphatic hydroxyl groups is 1. The Morgan fingerprint density at radius 2 is 1.62 bits per heavy atom. The number of halogens is 1. The van der Waals surface area contributed by atoms with Gasteiger partial charge in [0.15, 0.2) is 0 Å². The van der Waals surface area contributed by atoms with Crippen molar-refractivity contribution in [3.05, 3.63) is 124 Å². The minimum absolute atomic E-state index is 0.0879. The first-order valence-electron chi connectivity index (χ1n) is 13.7. The Balaban J connectivity index is 1.40. The molecule has 0 aliphatic carbocycles. The number of aromatic hydroxyl groups is 1. The van der Waals surface area contributed by atoms with E-state index in [0.717, 1.165) is 35.7 Å². The smallest absolute Gasteiger partial charge is 0.341 e. The fourth-order valence-electron chi connectivity index (χ4n) is 4.68. The van der Waals surface area contributed by atoms with Gasteiger partial charge < -0.3 is 14.9 Å². The van der Waals surface area contributed by atoms with Gasteiger partial charge in [-0.15, -0.1) is 0 Å². The summed E-state index contributed by atoms with van der Waals surface area (Å²) in [5, 5.41) is 21.7. The van der Waals surface area contributed by atoms with Crippen molar-refractivity contribution in [3.63, 3.8) is 0 Å². The summed E-state index contributed by atoms with van der Waals surface area (Å²) < 4.78 is 31.2. The molecule has 4 aromatic carbocycles. The van der Waals surface area contributed by atoms with E-state index in [9.17, 15) is 23.4 Å². The lowest BCUT2D eigenvalue weighted by molar-refractivity contribution is 0.0523. The lowest BCUT2D eigenvalue weighted by Crippen LogP contribution is -2.29. The molecule has 220 valence electrons. The van der Waals surface area contributed by atoms with Crippen LogP contribution in [0, 0.1) is 0 Å². The molecule has 7 nitrogen and oxygen atoms in total. The quantitative estimate of drug-likeness (QED) is 0.174. The summed E-state index contributed by atoms with van der Waals surface area (Å²) in [7, 11) is -3.90. The molecule has 4 rings (SSSR count). The molecule has 0 spiro atoms. The third kappa shape index (κ3) is 8.20. The van der Waals surface area contributed by atoms with E-state index in [1.807, 2.05) is 30.3 Å². The maximum Gasteiger partial charge on any atom is 0.341 e. The molecule has 0 saturated heterocycles. The van der Waals surface area contributed by atoms with E-state index < -0.39 is 27.7 Å². The van der Waals surface area contributed by atoms with Gasteiger partial charge in [0.2, 0.25) is 9.84 Å². The summed E-state index contributed by atoms with van der Waals surface area (Å²) in [6.07, 6.45) is 0.820. The van der Waals surface area contributed by atoms with Gasteiger partial charge >= 0.3 is 5.97 Å². The largest absolute Gasteiger partial charge is 0.507 e. The molecule has 0 fully saturated rings. The number of rotatable bonds is 13. The summed E-state index contributed by atoms with van der Waals surface area (Å²) >= 11 is 6.13. The van der Waals surface area contributed by atoms with Crippen molar-refractivity contribution in [2.45, 2.75) is 42.2 Å². The average molecular weight is 608 g/mol.